The molecule has 33 heavy (non-hydrogen) atoms. The fourth-order valence-electron chi connectivity index (χ4n) is 3.18. The van der Waals surface area contributed by atoms with Crippen molar-refractivity contribution in [2.75, 3.05) is 31.3 Å². The molecule has 0 amide bonds. The van der Waals surface area contributed by atoms with Gasteiger partial charge in [0.2, 0.25) is 5.79 Å². The molecule has 2 rings (SSSR count). The molecule has 2 saturated heterocycles. The number of ether oxygens (including phenoxy) is 4. The van der Waals surface area contributed by atoms with Crippen LogP contribution in [0.25, 0.3) is 0 Å². The van der Waals surface area contributed by atoms with Gasteiger partial charge in [0.1, 0.15) is 62.0 Å². The van der Waals surface area contributed by atoms with Crippen molar-refractivity contribution >= 4 is 23.7 Å². The van der Waals surface area contributed by atoms with Gasteiger partial charge in [-0.2, -0.15) is 0 Å². The smallest absolute Gasteiger partial charge is 0.321 e. The van der Waals surface area contributed by atoms with Gasteiger partial charge < -0.3 is 65.5 Å². The Morgan fingerprint density at radius 1 is 1.03 bits per heavy atom. The summed E-state index contributed by atoms with van der Waals surface area (Å²) in [6.45, 7) is -2.40. The molecular weight excluding hydrogens is 474 g/mol. The van der Waals surface area contributed by atoms with Crippen LogP contribution >= 0.6 is 11.8 Å². The number of nitrogens with two attached hydrogens (primary N) is 1. The zero-order valence-electron chi connectivity index (χ0n) is 17.2. The van der Waals surface area contributed by atoms with Crippen molar-refractivity contribution in [1.82, 2.24) is 0 Å². The van der Waals surface area contributed by atoms with Gasteiger partial charge in [-0.25, -0.2) is 0 Å². The number of esters is 1. The van der Waals surface area contributed by atoms with Crippen molar-refractivity contribution in [3.8, 4) is 0 Å². The van der Waals surface area contributed by atoms with E-state index in [1.54, 1.807) is 0 Å². The summed E-state index contributed by atoms with van der Waals surface area (Å²) < 4.78 is 20.8. The van der Waals surface area contributed by atoms with Crippen LogP contribution in [-0.4, -0.2) is 145 Å². The van der Waals surface area contributed by atoms with E-state index >= 15 is 0 Å². The van der Waals surface area contributed by atoms with Crippen LogP contribution in [0, 0.1) is 0 Å². The van der Waals surface area contributed by atoms with Gasteiger partial charge in [0.05, 0.1) is 12.4 Å². The highest BCUT2D eigenvalue weighted by molar-refractivity contribution is 8.00. The van der Waals surface area contributed by atoms with Crippen molar-refractivity contribution in [2.45, 2.75) is 60.8 Å². The lowest BCUT2D eigenvalue weighted by Crippen LogP contribution is -2.62. The molecule has 16 heteroatoms. The van der Waals surface area contributed by atoms with Crippen molar-refractivity contribution in [2.24, 2.45) is 5.73 Å². The Morgan fingerprint density at radius 3 is 2.27 bits per heavy atom. The van der Waals surface area contributed by atoms with E-state index in [-0.39, 0.29) is 11.5 Å². The molecule has 0 aromatic heterocycles. The summed E-state index contributed by atoms with van der Waals surface area (Å²) in [7, 11) is 0. The number of carboxylic acids is 1. The van der Waals surface area contributed by atoms with E-state index in [1.165, 1.54) is 0 Å². The summed E-state index contributed by atoms with van der Waals surface area (Å²) >= 11 is 0.905. The number of thioether (sulfide) groups is 1. The topological polar surface area (TPSA) is 259 Å². The fourth-order valence-corrected chi connectivity index (χ4v) is 3.94. The van der Waals surface area contributed by atoms with E-state index in [2.05, 4.69) is 0 Å². The van der Waals surface area contributed by atoms with Crippen molar-refractivity contribution < 1.29 is 69.4 Å². The first-order chi connectivity index (χ1) is 15.5. The highest BCUT2D eigenvalue weighted by Crippen LogP contribution is 2.36. The molecule has 0 saturated carbocycles. The highest BCUT2D eigenvalue weighted by atomic mass is 32.2. The predicted octanol–water partition coefficient (Wildman–Crippen LogP) is -5.70. The number of carboxylic acid groups (broad SMARTS) is 1. The lowest BCUT2D eigenvalue weighted by atomic mass is 9.99. The van der Waals surface area contributed by atoms with Gasteiger partial charge in [-0.05, 0) is 0 Å². The van der Waals surface area contributed by atoms with Crippen LogP contribution in [0.5, 0.6) is 0 Å². The molecule has 0 aromatic rings. The van der Waals surface area contributed by atoms with Gasteiger partial charge in [0.25, 0.3) is 0 Å². The molecule has 2 fully saturated rings. The maximum atomic E-state index is 11.8. The van der Waals surface area contributed by atoms with E-state index < -0.39 is 92.6 Å². The summed E-state index contributed by atoms with van der Waals surface area (Å²) in [4.78, 5) is 22.5. The van der Waals surface area contributed by atoms with Crippen LogP contribution in [0.2, 0.25) is 0 Å². The van der Waals surface area contributed by atoms with Crippen molar-refractivity contribution in [3.63, 3.8) is 0 Å². The largest absolute Gasteiger partial charge is 0.480 e. The van der Waals surface area contributed by atoms with Gasteiger partial charge in [0.15, 0.2) is 6.29 Å². The molecule has 15 nitrogen and oxygen atoms in total. The summed E-state index contributed by atoms with van der Waals surface area (Å²) in [6.07, 6.45) is -13.5. The zero-order chi connectivity index (χ0) is 24.9. The number of hydrogen-bond donors (Lipinski definition) is 9. The van der Waals surface area contributed by atoms with Gasteiger partial charge in [-0.3, -0.25) is 9.59 Å². The number of rotatable bonds is 11. The first-order valence-electron chi connectivity index (χ1n) is 9.82. The van der Waals surface area contributed by atoms with Crippen LogP contribution in [0.1, 0.15) is 0 Å². The summed E-state index contributed by atoms with van der Waals surface area (Å²) in [6, 6.07) is -1.16. The van der Waals surface area contributed by atoms with Gasteiger partial charge in [0, 0.05) is 5.75 Å². The molecule has 10 atom stereocenters. The van der Waals surface area contributed by atoms with E-state index in [0.717, 1.165) is 11.8 Å². The van der Waals surface area contributed by atoms with E-state index in [0.29, 0.717) is 0 Å². The quantitative estimate of drug-likeness (QED) is 0.119. The second-order valence-corrected chi connectivity index (χ2v) is 8.55. The molecule has 2 heterocycles. The first kappa shape index (κ1) is 28.1. The third-order valence-corrected chi connectivity index (χ3v) is 6.17. The first-order valence-corrected chi connectivity index (χ1v) is 11.0. The zero-order valence-corrected chi connectivity index (χ0v) is 18.1. The second-order valence-electron chi connectivity index (χ2n) is 7.52. The Balaban J connectivity index is 1.96. The number of carbonyl (C=O) groups excluding carboxylic acids is 1. The minimum absolute atomic E-state index is 0.0493. The summed E-state index contributed by atoms with van der Waals surface area (Å²) in [5, 5.41) is 78.2. The predicted molar refractivity (Wildman–Crippen MR) is 105 cm³/mol. The average Bonchev–Trinajstić information content (AvgIpc) is 3.02. The number of hydrogen-bond acceptors (Lipinski definition) is 15. The molecule has 192 valence electrons. The lowest BCUT2D eigenvalue weighted by molar-refractivity contribution is -0.383. The number of carbonyl (C=O) groups is 2. The highest BCUT2D eigenvalue weighted by Gasteiger charge is 2.58. The van der Waals surface area contributed by atoms with Crippen LogP contribution in [0.3, 0.4) is 0 Å². The van der Waals surface area contributed by atoms with Gasteiger partial charge >= 0.3 is 11.9 Å². The molecule has 0 spiro atoms. The van der Waals surface area contributed by atoms with Crippen LogP contribution in [-0.2, 0) is 28.5 Å². The Labute approximate surface area is 191 Å². The van der Waals surface area contributed by atoms with Crippen molar-refractivity contribution in [3.05, 3.63) is 0 Å². The fraction of sp³-hybridized carbons (Fsp3) is 0.882. The van der Waals surface area contributed by atoms with Crippen molar-refractivity contribution in [1.29, 1.82) is 0 Å². The van der Waals surface area contributed by atoms with Crippen LogP contribution in [0.4, 0.5) is 0 Å². The second kappa shape index (κ2) is 12.0. The Kier molecular flexibility index (Phi) is 10.2. The monoisotopic (exact) mass is 503 g/mol. The van der Waals surface area contributed by atoms with E-state index in [9.17, 15) is 45.3 Å². The Morgan fingerprint density at radius 2 is 1.70 bits per heavy atom. The molecule has 0 aromatic carbocycles. The molecular formula is C17H29NO14S. The number of aliphatic hydroxyl groups is 7. The number of aliphatic carboxylic acids is 1. The number of aliphatic hydroxyl groups excluding tert-OH is 7. The summed E-state index contributed by atoms with van der Waals surface area (Å²) in [5.41, 5.74) is 5.31. The molecule has 10 N–H and O–H groups in total. The standard InChI is InChI=1S/C17H29NO14S/c18-6(15(27)28)3-33-4-9(21)29-2-8-11(23)14(26)17(5-20,31-8)32-16-13(25)12(24)10(22)7(1-19)30-16/h6-8,10-14,16,19-20,22-26H,1-5,18H2,(H,27,28)/t6-,7+,8+,10+,11+,12-,13+,14-,16+,17+/m0/s1. The average molecular weight is 503 g/mol. The molecule has 0 aliphatic carbocycles. The molecule has 2 aliphatic heterocycles. The van der Waals surface area contributed by atoms with Crippen LogP contribution in [0.15, 0.2) is 0 Å². The maximum absolute atomic E-state index is 11.8. The maximum Gasteiger partial charge on any atom is 0.321 e. The van der Waals surface area contributed by atoms with Gasteiger partial charge in [-0.1, -0.05) is 0 Å². The minimum atomic E-state index is -2.37. The Bertz CT molecular complexity index is 670. The van der Waals surface area contributed by atoms with Crippen LogP contribution < -0.4 is 5.73 Å². The van der Waals surface area contributed by atoms with E-state index in [4.69, 9.17) is 29.8 Å². The van der Waals surface area contributed by atoms with Gasteiger partial charge in [-0.15, -0.1) is 11.8 Å². The summed E-state index contributed by atoms with van der Waals surface area (Å²) in [5.74, 6) is -4.69. The molecule has 0 unspecified atom stereocenters. The lowest BCUT2D eigenvalue weighted by Gasteiger charge is -2.43. The third kappa shape index (κ3) is 6.50. The Hall–Kier alpha value is -1.15. The minimum Gasteiger partial charge on any atom is -0.480 e. The SMILES string of the molecule is N[C@@H](CSCC(=O)OC[C@H]1O[C@](CO)(O[C@H]2O[C@H](CO)[C@@H](O)[C@H](O)[C@H]2O)[C@@H](O)[C@@H]1O)C(=O)O. The molecule has 0 bridgehead atoms. The third-order valence-electron chi connectivity index (χ3n) is 5.13. The molecule has 2 aliphatic rings. The normalized spacial score (nSPS) is 39.9. The molecule has 0 radical (unpaired) electrons. The van der Waals surface area contributed by atoms with E-state index in [1.807, 2.05) is 0 Å².